The fourth-order valence-electron chi connectivity index (χ4n) is 2.62. The summed E-state index contributed by atoms with van der Waals surface area (Å²) in [6, 6.07) is -11.0. The molecule has 1 aromatic heterocycles. The van der Waals surface area contributed by atoms with Crippen molar-refractivity contribution in [3.63, 3.8) is 0 Å². The highest BCUT2D eigenvalue weighted by molar-refractivity contribution is 6.04. The molecule has 2 aliphatic heterocycles. The van der Waals surface area contributed by atoms with E-state index in [4.69, 9.17) is 24.7 Å². The molecule has 1 aromatic carbocycles. The third-order valence-electron chi connectivity index (χ3n) is 3.70. The molecule has 5 nitrogen and oxygen atoms in total. The summed E-state index contributed by atoms with van der Waals surface area (Å²) >= 11 is 0. The summed E-state index contributed by atoms with van der Waals surface area (Å²) in [5, 5.41) is 5.40. The molecule has 4 rings (SSSR count). The van der Waals surface area contributed by atoms with Crippen LogP contribution in [0.4, 0.5) is 0 Å². The average molecular weight is 331 g/mol. The Balaban J connectivity index is 1.87. The van der Waals surface area contributed by atoms with Crippen LogP contribution in [0.2, 0.25) is 0 Å². The largest absolute Gasteiger partial charge is 0.348 e. The Labute approximate surface area is 161 Å². The van der Waals surface area contributed by atoms with E-state index in [1.54, 1.807) is 0 Å². The van der Waals surface area contributed by atoms with Crippen molar-refractivity contribution < 1.29 is 29.5 Å². The maximum Gasteiger partial charge on any atom is 0.272 e. The number of fused-ring (bicyclic) bond motifs is 3. The van der Waals surface area contributed by atoms with Gasteiger partial charge >= 0.3 is 0 Å². The molecule has 1 amide bonds. The predicted octanol–water partition coefficient (Wildman–Crippen LogP) is 2.32. The molecule has 2 atom stereocenters. The number of hydrogen-bond acceptors (Lipinski definition) is 3. The van der Waals surface area contributed by atoms with Crippen LogP contribution >= 0.6 is 0 Å². The van der Waals surface area contributed by atoms with Crippen LogP contribution in [-0.4, -0.2) is 45.6 Å². The molecule has 0 saturated carbocycles. The van der Waals surface area contributed by atoms with E-state index in [-0.39, 0.29) is 9.58 Å². The van der Waals surface area contributed by atoms with Gasteiger partial charge in [-0.3, -0.25) is 9.48 Å². The van der Waals surface area contributed by atoms with Gasteiger partial charge in [0.05, 0.1) is 11.0 Å². The van der Waals surface area contributed by atoms with Crippen molar-refractivity contribution in [3.8, 4) is 0 Å². The average Bonchev–Trinajstić information content (AvgIpc) is 3.20. The molecule has 0 unspecified atom stereocenters. The molecule has 23 heavy (non-hydrogen) atoms. The van der Waals surface area contributed by atoms with Crippen molar-refractivity contribution in [1.82, 2.24) is 20.0 Å². The summed E-state index contributed by atoms with van der Waals surface area (Å²) in [5.41, 5.74) is -1.42. The van der Waals surface area contributed by atoms with Crippen LogP contribution in [-0.2, 0) is 6.98 Å². The Morgan fingerprint density at radius 1 is 1.39 bits per heavy atom. The third-order valence-corrected chi connectivity index (χ3v) is 3.70. The van der Waals surface area contributed by atoms with Crippen LogP contribution in [0.1, 0.15) is 67.1 Å². The Kier molecular flexibility index (Phi) is 1.18. The molecule has 2 bridgehead atoms. The summed E-state index contributed by atoms with van der Waals surface area (Å²) in [7, 11) is 0. The molecule has 3 heterocycles. The lowest BCUT2D eigenvalue weighted by Gasteiger charge is -2.47. The Bertz CT molecular complexity index is 1410. The summed E-state index contributed by atoms with van der Waals surface area (Å²) < 4.78 is 147. The predicted molar refractivity (Wildman–Crippen MR) is 90.4 cm³/mol. The molecule has 2 saturated heterocycles. The minimum Gasteiger partial charge on any atom is -0.348 e. The van der Waals surface area contributed by atoms with E-state index in [1.165, 1.54) is 0 Å². The molecule has 0 aliphatic carbocycles. The van der Waals surface area contributed by atoms with E-state index in [0.717, 1.165) is 0 Å². The maximum absolute atomic E-state index is 13.5. The molecule has 2 fully saturated rings. The van der Waals surface area contributed by atoms with Gasteiger partial charge in [-0.1, -0.05) is 24.5 Å². The van der Waals surface area contributed by atoms with Crippen LogP contribution in [0.15, 0.2) is 24.2 Å². The second kappa shape index (κ2) is 5.64. The van der Waals surface area contributed by atoms with Crippen molar-refractivity contribution in [2.45, 2.75) is 50.0 Å². The molecule has 2 aliphatic rings. The number of benzene rings is 1. The van der Waals surface area contributed by atoms with Gasteiger partial charge in [0, 0.05) is 49.6 Å². The number of piperidine rings is 2. The highest BCUT2D eigenvalue weighted by Gasteiger charge is 2.36. The Hall–Kier alpha value is -1.88. The van der Waals surface area contributed by atoms with Gasteiger partial charge in [-0.15, -0.1) is 0 Å². The molecular weight excluding hydrogens is 288 g/mol. The zero-order chi connectivity index (χ0) is 31.7. The summed E-state index contributed by atoms with van der Waals surface area (Å²) in [6.45, 7) is -6.54. The quantitative estimate of drug-likeness (QED) is 0.919. The zero-order valence-corrected chi connectivity index (χ0v) is 11.7. The van der Waals surface area contributed by atoms with Gasteiger partial charge in [-0.25, -0.2) is 0 Å². The molecule has 0 spiro atoms. The minimum atomic E-state index is -3.54. The van der Waals surface area contributed by atoms with Gasteiger partial charge in [-0.05, 0) is 38.6 Å². The van der Waals surface area contributed by atoms with E-state index >= 15 is 0 Å². The molecule has 1 N–H and O–H groups in total. The van der Waals surface area contributed by atoms with Crippen molar-refractivity contribution in [3.05, 3.63) is 29.9 Å². The number of rotatable bonds is 2. The van der Waals surface area contributed by atoms with Crippen molar-refractivity contribution in [2.24, 2.45) is 6.98 Å². The second-order valence-corrected chi connectivity index (χ2v) is 5.17. The Morgan fingerprint density at radius 3 is 2.91 bits per heavy atom. The van der Waals surface area contributed by atoms with E-state index in [9.17, 15) is 4.79 Å². The Morgan fingerprint density at radius 2 is 2.17 bits per heavy atom. The smallest absolute Gasteiger partial charge is 0.272 e. The molecule has 122 valence electrons. The minimum absolute atomic E-state index is 0.00611. The number of nitrogens with zero attached hydrogens (tertiary/aromatic N) is 3. The number of para-hydroxylation sites is 1. The number of carbonyl (C=O) groups excluding carboxylic acids is 1. The van der Waals surface area contributed by atoms with Gasteiger partial charge in [0.15, 0.2) is 5.69 Å². The normalized spacial score (nSPS) is 53.5. The summed E-state index contributed by atoms with van der Waals surface area (Å²) in [6.07, 6.45) is -12.5. The standard InChI is InChI=1S/C18H24N4O/c1-21-13-6-5-7-14(21)11-12(10-13)19-18(23)17-15-8-3-4-9-16(15)22(2)20-17/h3-4,8-9,12-14H,5-7,10-11H2,1-2H3,(H,19,23)/t13-,14-/m1/s1/i1D3,2D3,3D,4D,5D2,6D2,7D2,8D,9D,13D,14D. The van der Waals surface area contributed by atoms with E-state index in [1.807, 2.05) is 0 Å². The highest BCUT2D eigenvalue weighted by Crippen LogP contribution is 2.32. The fourth-order valence-corrected chi connectivity index (χ4v) is 2.62. The molecular formula is C18H24N4O. The number of aromatic nitrogens is 2. The number of amides is 1. The highest BCUT2D eigenvalue weighted by atomic mass is 16.2. The van der Waals surface area contributed by atoms with E-state index in [2.05, 4.69) is 10.4 Å². The monoisotopic (exact) mass is 330 g/mol. The van der Waals surface area contributed by atoms with Crippen LogP contribution in [0.5, 0.6) is 0 Å². The van der Waals surface area contributed by atoms with Crippen molar-refractivity contribution in [2.75, 3.05) is 6.98 Å². The van der Waals surface area contributed by atoms with Gasteiger partial charge in [-0.2, -0.15) is 5.10 Å². The van der Waals surface area contributed by atoms with Crippen LogP contribution < -0.4 is 5.32 Å². The van der Waals surface area contributed by atoms with Crippen molar-refractivity contribution in [1.29, 1.82) is 0 Å². The number of hydrogen-bond donors (Lipinski definition) is 1. The van der Waals surface area contributed by atoms with Gasteiger partial charge in [0.2, 0.25) is 0 Å². The zero-order valence-electron chi connectivity index (χ0n) is 29.7. The SMILES string of the molecule is [2H]c1c([2H])c([2H])c2c(c(C(=O)NC3C[C@]4([2H])N(C([2H])([2H])[2H])[C@@]([2H])(C3)C([2H])([2H])C([2H])([2H])C4([2H])[2H])nn2C([2H])([2H])[2H])c1[2H]. The van der Waals surface area contributed by atoms with Crippen LogP contribution in [0, 0.1) is 0 Å². The fraction of sp³-hybridized carbons (Fsp3) is 0.556. The second-order valence-electron chi connectivity index (χ2n) is 5.17. The van der Waals surface area contributed by atoms with Gasteiger partial charge in [0.1, 0.15) is 0 Å². The lowest BCUT2D eigenvalue weighted by atomic mass is 9.82. The first-order valence-electron chi connectivity index (χ1n) is 15.8. The number of carbonyl (C=O) groups is 1. The molecule has 5 heteroatoms. The number of aryl methyl sites for hydroxylation is 1. The maximum atomic E-state index is 13.5. The molecule has 0 radical (unpaired) electrons. The molecule has 2 aromatic rings. The lowest BCUT2D eigenvalue weighted by Crippen LogP contribution is -2.55. The van der Waals surface area contributed by atoms with Gasteiger partial charge < -0.3 is 10.2 Å². The van der Waals surface area contributed by atoms with Crippen molar-refractivity contribution >= 4 is 16.8 Å². The van der Waals surface area contributed by atoms with Gasteiger partial charge in [0.25, 0.3) is 5.91 Å². The first-order valence-corrected chi connectivity index (χ1v) is 6.81. The lowest BCUT2D eigenvalue weighted by molar-refractivity contribution is 0.0462. The van der Waals surface area contributed by atoms with Crippen LogP contribution in [0.25, 0.3) is 10.9 Å². The van der Waals surface area contributed by atoms with E-state index < -0.39 is 111 Å². The topological polar surface area (TPSA) is 50.2 Å². The summed E-state index contributed by atoms with van der Waals surface area (Å²) in [4.78, 5) is 13.5. The first-order chi connectivity index (χ1) is 18.2. The van der Waals surface area contributed by atoms with Crippen LogP contribution in [0.3, 0.4) is 0 Å². The first kappa shape index (κ1) is 4.82. The van der Waals surface area contributed by atoms with E-state index in [0.29, 0.717) is 0 Å². The summed E-state index contributed by atoms with van der Waals surface area (Å²) in [5.74, 6) is -1.29. The number of nitrogens with one attached hydrogen (secondary N) is 1. The third kappa shape index (κ3) is 2.53.